The van der Waals surface area contributed by atoms with Crippen molar-refractivity contribution >= 4 is 17.4 Å². The van der Waals surface area contributed by atoms with E-state index in [0.717, 1.165) is 5.69 Å². The zero-order chi connectivity index (χ0) is 18.7. The van der Waals surface area contributed by atoms with E-state index < -0.39 is 0 Å². The van der Waals surface area contributed by atoms with Crippen LogP contribution < -0.4 is 10.9 Å². The fourth-order valence-corrected chi connectivity index (χ4v) is 2.67. The van der Waals surface area contributed by atoms with E-state index in [9.17, 15) is 14.4 Å². The van der Waals surface area contributed by atoms with Crippen LogP contribution in [0, 0.1) is 0 Å². The molecule has 7 heteroatoms. The fraction of sp³-hybridized carbons (Fsp3) is 0.158. The lowest BCUT2D eigenvalue weighted by atomic mass is 10.1. The van der Waals surface area contributed by atoms with Crippen molar-refractivity contribution in [3.8, 4) is 0 Å². The van der Waals surface area contributed by atoms with E-state index in [1.165, 1.54) is 13.0 Å². The van der Waals surface area contributed by atoms with Crippen LogP contribution in [0.5, 0.6) is 0 Å². The van der Waals surface area contributed by atoms with E-state index in [4.69, 9.17) is 0 Å². The second kappa shape index (κ2) is 7.18. The largest absolute Gasteiger partial charge is 0.345 e. The summed E-state index contributed by atoms with van der Waals surface area (Å²) in [5, 5.41) is 9.06. The monoisotopic (exact) mass is 350 g/mol. The number of nitrogens with one attached hydrogen (secondary N) is 2. The van der Waals surface area contributed by atoms with Crippen LogP contribution in [-0.2, 0) is 18.3 Å². The molecule has 0 aliphatic carbocycles. The number of rotatable bonds is 5. The molecule has 0 bridgehead atoms. The topological polar surface area (TPSA) is 96.8 Å². The van der Waals surface area contributed by atoms with Gasteiger partial charge in [0, 0.05) is 43.4 Å². The number of benzene rings is 1. The lowest BCUT2D eigenvalue weighted by Crippen LogP contribution is -2.12. The average Bonchev–Trinajstić information content (AvgIpc) is 2.97. The summed E-state index contributed by atoms with van der Waals surface area (Å²) in [5.41, 5.74) is 3.10. The van der Waals surface area contributed by atoms with E-state index in [1.54, 1.807) is 36.4 Å². The van der Waals surface area contributed by atoms with Gasteiger partial charge in [0.05, 0.1) is 11.4 Å². The van der Waals surface area contributed by atoms with Gasteiger partial charge in [-0.05, 0) is 42.5 Å². The third-order valence-corrected chi connectivity index (χ3v) is 4.02. The Hall–Kier alpha value is -3.48. The number of hydrogen-bond acceptors (Lipinski definition) is 4. The molecule has 0 saturated carbocycles. The maximum atomic E-state index is 12.7. The number of carbonyl (C=O) groups excluding carboxylic acids is 2. The molecule has 26 heavy (non-hydrogen) atoms. The number of amides is 1. The van der Waals surface area contributed by atoms with E-state index in [-0.39, 0.29) is 17.2 Å². The van der Waals surface area contributed by atoms with Gasteiger partial charge in [0.1, 0.15) is 0 Å². The minimum absolute atomic E-state index is 0.109. The summed E-state index contributed by atoms with van der Waals surface area (Å²) in [7, 11) is 1.82. The molecule has 0 aliphatic rings. The molecule has 2 heterocycles. The van der Waals surface area contributed by atoms with Gasteiger partial charge in [0.25, 0.3) is 5.56 Å². The average molecular weight is 350 g/mol. The van der Waals surface area contributed by atoms with Crippen molar-refractivity contribution in [3.63, 3.8) is 0 Å². The Morgan fingerprint density at radius 2 is 1.81 bits per heavy atom. The summed E-state index contributed by atoms with van der Waals surface area (Å²) in [6.45, 7) is 1.43. The van der Waals surface area contributed by atoms with Crippen molar-refractivity contribution in [2.45, 2.75) is 13.3 Å². The van der Waals surface area contributed by atoms with Crippen molar-refractivity contribution in [1.82, 2.24) is 14.8 Å². The Kier molecular flexibility index (Phi) is 4.79. The van der Waals surface area contributed by atoms with Gasteiger partial charge in [-0.1, -0.05) is 0 Å². The van der Waals surface area contributed by atoms with Gasteiger partial charge in [-0.2, -0.15) is 5.10 Å². The lowest BCUT2D eigenvalue weighted by molar-refractivity contribution is -0.114. The Bertz CT molecular complexity index is 996. The zero-order valence-electron chi connectivity index (χ0n) is 14.4. The predicted octanol–water partition coefficient (Wildman–Crippen LogP) is 1.89. The Labute approximate surface area is 149 Å². The standard InChI is InChI=1S/C19H18N4O3/c1-12(24)20-14-5-3-13(4-6-14)19(26)17-9-8-16(23(17)2)11-15-7-10-18(25)22-21-15/h3-10H,11H2,1-2H3,(H,20,24)(H,22,25). The molecular weight excluding hydrogens is 332 g/mol. The van der Waals surface area contributed by atoms with Crippen molar-refractivity contribution < 1.29 is 9.59 Å². The zero-order valence-corrected chi connectivity index (χ0v) is 14.4. The van der Waals surface area contributed by atoms with Crippen molar-refractivity contribution in [2.75, 3.05) is 5.32 Å². The Balaban J connectivity index is 1.80. The minimum Gasteiger partial charge on any atom is -0.345 e. The van der Waals surface area contributed by atoms with Gasteiger partial charge < -0.3 is 9.88 Å². The van der Waals surface area contributed by atoms with Crippen LogP contribution >= 0.6 is 0 Å². The van der Waals surface area contributed by atoms with Crippen LogP contribution in [0.3, 0.4) is 0 Å². The first kappa shape index (κ1) is 17.3. The highest BCUT2D eigenvalue weighted by Gasteiger charge is 2.15. The molecule has 1 amide bonds. The van der Waals surface area contributed by atoms with Crippen molar-refractivity contribution in [3.05, 3.63) is 81.5 Å². The van der Waals surface area contributed by atoms with Gasteiger partial charge in [-0.25, -0.2) is 5.10 Å². The molecule has 0 spiro atoms. The van der Waals surface area contributed by atoms with Crippen LogP contribution in [0.25, 0.3) is 0 Å². The van der Waals surface area contributed by atoms with E-state index >= 15 is 0 Å². The Morgan fingerprint density at radius 1 is 1.08 bits per heavy atom. The highest BCUT2D eigenvalue weighted by atomic mass is 16.1. The molecule has 3 aromatic rings. The summed E-state index contributed by atoms with van der Waals surface area (Å²) in [5.74, 6) is -0.269. The first-order valence-corrected chi connectivity index (χ1v) is 8.05. The molecule has 0 unspecified atom stereocenters. The molecule has 3 rings (SSSR count). The van der Waals surface area contributed by atoms with Crippen LogP contribution in [0.2, 0.25) is 0 Å². The number of H-pyrrole nitrogens is 1. The predicted molar refractivity (Wildman–Crippen MR) is 97.3 cm³/mol. The number of aromatic amines is 1. The van der Waals surface area contributed by atoms with E-state index in [1.807, 2.05) is 17.7 Å². The summed E-state index contributed by atoms with van der Waals surface area (Å²) >= 11 is 0. The Morgan fingerprint density at radius 3 is 2.42 bits per heavy atom. The van der Waals surface area contributed by atoms with Gasteiger partial charge in [0.15, 0.2) is 0 Å². The molecule has 0 atom stereocenters. The molecule has 1 aromatic carbocycles. The van der Waals surface area contributed by atoms with E-state index in [2.05, 4.69) is 15.5 Å². The third kappa shape index (κ3) is 3.77. The van der Waals surface area contributed by atoms with Crippen LogP contribution in [-0.4, -0.2) is 26.5 Å². The fourth-order valence-electron chi connectivity index (χ4n) is 2.67. The smallest absolute Gasteiger partial charge is 0.264 e. The minimum atomic E-state index is -0.251. The number of nitrogens with zero attached hydrogens (tertiary/aromatic N) is 2. The summed E-state index contributed by atoms with van der Waals surface area (Å²) in [6, 6.07) is 13.5. The molecule has 0 fully saturated rings. The summed E-state index contributed by atoms with van der Waals surface area (Å²) < 4.78 is 1.82. The highest BCUT2D eigenvalue weighted by Crippen LogP contribution is 2.17. The quantitative estimate of drug-likeness (QED) is 0.687. The summed E-state index contributed by atoms with van der Waals surface area (Å²) in [4.78, 5) is 34.9. The molecule has 0 saturated heterocycles. The number of carbonyl (C=O) groups is 2. The number of ketones is 1. The van der Waals surface area contributed by atoms with Gasteiger partial charge in [0.2, 0.25) is 11.7 Å². The van der Waals surface area contributed by atoms with Gasteiger partial charge in [-0.15, -0.1) is 0 Å². The molecule has 0 aliphatic heterocycles. The number of aromatic nitrogens is 3. The molecule has 132 valence electrons. The van der Waals surface area contributed by atoms with Crippen molar-refractivity contribution in [2.24, 2.45) is 7.05 Å². The molecule has 7 nitrogen and oxygen atoms in total. The lowest BCUT2D eigenvalue weighted by Gasteiger charge is -2.08. The van der Waals surface area contributed by atoms with Crippen LogP contribution in [0.1, 0.15) is 34.4 Å². The second-order valence-electron chi connectivity index (χ2n) is 5.95. The molecular formula is C19H18N4O3. The maximum Gasteiger partial charge on any atom is 0.264 e. The molecule has 0 radical (unpaired) electrons. The summed E-state index contributed by atoms with van der Waals surface area (Å²) in [6.07, 6.45) is 0.502. The van der Waals surface area contributed by atoms with Gasteiger partial charge >= 0.3 is 0 Å². The van der Waals surface area contributed by atoms with Gasteiger partial charge in [-0.3, -0.25) is 14.4 Å². The second-order valence-corrected chi connectivity index (χ2v) is 5.95. The van der Waals surface area contributed by atoms with Crippen molar-refractivity contribution in [1.29, 1.82) is 0 Å². The first-order chi connectivity index (χ1) is 12.4. The number of hydrogen-bond donors (Lipinski definition) is 2. The third-order valence-electron chi connectivity index (χ3n) is 4.02. The number of anilines is 1. The van der Waals surface area contributed by atoms with Crippen LogP contribution in [0.4, 0.5) is 5.69 Å². The SMILES string of the molecule is CC(=O)Nc1ccc(C(=O)c2ccc(Cc3ccc(=O)[nH]n3)n2C)cc1. The normalized spacial score (nSPS) is 10.5. The highest BCUT2D eigenvalue weighted by molar-refractivity contribution is 6.08. The maximum absolute atomic E-state index is 12.7. The van der Waals surface area contributed by atoms with E-state index in [0.29, 0.717) is 29.1 Å². The van der Waals surface area contributed by atoms with Crippen LogP contribution in [0.15, 0.2) is 53.3 Å². The molecule has 2 N–H and O–H groups in total. The first-order valence-electron chi connectivity index (χ1n) is 8.05. The molecule has 2 aromatic heterocycles.